The van der Waals surface area contributed by atoms with Crippen LogP contribution in [0.5, 0.6) is 5.75 Å². The van der Waals surface area contributed by atoms with Crippen LogP contribution in [0.4, 0.5) is 17.6 Å². The van der Waals surface area contributed by atoms with Crippen LogP contribution < -0.4 is 10.1 Å². The number of halogens is 6. The highest BCUT2D eigenvalue weighted by atomic mass is 79.9. The molecule has 4 atom stereocenters. The second kappa shape index (κ2) is 10.5. The molecule has 0 saturated carbocycles. The molecule has 0 aliphatic carbocycles. The summed E-state index contributed by atoms with van der Waals surface area (Å²) in [6.45, 7) is 0.542. The highest BCUT2D eigenvalue weighted by Crippen LogP contribution is 2.39. The summed E-state index contributed by atoms with van der Waals surface area (Å²) in [5.74, 6) is -3.44. The fourth-order valence-electron chi connectivity index (χ4n) is 4.55. The smallest absolute Gasteiger partial charge is 0.425 e. The molecule has 39 heavy (non-hydrogen) atoms. The molecule has 1 aromatic heterocycles. The number of aliphatic carboxylic acids is 1. The number of sulfone groups is 1. The number of ether oxygens (including phenoxy) is 1. The van der Waals surface area contributed by atoms with Gasteiger partial charge in [0.2, 0.25) is 5.91 Å². The van der Waals surface area contributed by atoms with E-state index in [4.69, 9.17) is 16.3 Å². The second-order valence-corrected chi connectivity index (χ2v) is 12.7. The van der Waals surface area contributed by atoms with E-state index in [1.807, 2.05) is 0 Å². The van der Waals surface area contributed by atoms with E-state index in [-0.39, 0.29) is 17.9 Å². The lowest BCUT2D eigenvalue weighted by Crippen LogP contribution is -2.65. The Labute approximate surface area is 233 Å². The molecule has 2 N–H and O–H groups in total. The number of benzene rings is 1. The van der Waals surface area contributed by atoms with Crippen molar-refractivity contribution in [2.45, 2.75) is 53.8 Å². The van der Waals surface area contributed by atoms with E-state index in [2.05, 4.69) is 26.2 Å². The Morgan fingerprint density at radius 2 is 2.00 bits per heavy atom. The van der Waals surface area contributed by atoms with Gasteiger partial charge in [-0.3, -0.25) is 15.1 Å². The quantitative estimate of drug-likeness (QED) is 0.432. The molecule has 0 radical (unpaired) electrons. The number of nitrogens with one attached hydrogen (secondary N) is 1. The number of hydrogen-bond acceptors (Lipinski definition) is 7. The molecule has 1 unspecified atom stereocenters. The summed E-state index contributed by atoms with van der Waals surface area (Å²) in [5.41, 5.74) is -1.92. The fourth-order valence-corrected chi connectivity index (χ4v) is 7.09. The molecule has 2 aromatic rings. The van der Waals surface area contributed by atoms with Crippen LogP contribution in [0.1, 0.15) is 25.5 Å². The van der Waals surface area contributed by atoms with Crippen molar-refractivity contribution in [3.8, 4) is 5.75 Å². The number of pyridine rings is 1. The van der Waals surface area contributed by atoms with E-state index in [0.29, 0.717) is 11.0 Å². The second-order valence-electron chi connectivity index (χ2n) is 9.17. The average molecular weight is 659 g/mol. The zero-order chi connectivity index (χ0) is 28.9. The van der Waals surface area contributed by atoms with Crippen molar-refractivity contribution in [3.63, 3.8) is 0 Å². The first-order valence-electron chi connectivity index (χ1n) is 11.4. The van der Waals surface area contributed by atoms with Gasteiger partial charge in [0.15, 0.2) is 15.9 Å². The maximum Gasteiger partial charge on any atom is 0.425 e. The van der Waals surface area contributed by atoms with Crippen LogP contribution in [0.3, 0.4) is 0 Å². The van der Waals surface area contributed by atoms with Crippen molar-refractivity contribution >= 4 is 49.2 Å². The fraction of sp³-hybridized carbons (Fsp3) is 0.435. The highest BCUT2D eigenvalue weighted by Gasteiger charge is 2.55. The van der Waals surface area contributed by atoms with E-state index in [9.17, 15) is 40.7 Å². The zero-order valence-electron chi connectivity index (χ0n) is 20.0. The van der Waals surface area contributed by atoms with Gasteiger partial charge in [-0.2, -0.15) is 13.2 Å². The Kier molecular flexibility index (Phi) is 7.93. The molecule has 212 valence electrons. The summed E-state index contributed by atoms with van der Waals surface area (Å²) < 4.78 is 85.2. The normalized spacial score (nSPS) is 24.2. The number of rotatable bonds is 7. The molecule has 4 rings (SSSR count). The molecular weight excluding hydrogens is 638 g/mol. The molecule has 3 heterocycles. The lowest BCUT2D eigenvalue weighted by molar-refractivity contribution is -0.189. The molecule has 2 saturated heterocycles. The van der Waals surface area contributed by atoms with E-state index in [1.54, 1.807) is 0 Å². The molecule has 9 nitrogen and oxygen atoms in total. The maximum absolute atomic E-state index is 14.8. The minimum Gasteiger partial charge on any atom is -0.481 e. The van der Waals surface area contributed by atoms with Crippen LogP contribution in [0.25, 0.3) is 0 Å². The third kappa shape index (κ3) is 5.45. The molecule has 0 spiro atoms. The molecule has 2 aliphatic rings. The van der Waals surface area contributed by atoms with Crippen LogP contribution in [0.15, 0.2) is 39.8 Å². The number of hydrogen-bond donors (Lipinski definition) is 2. The van der Waals surface area contributed by atoms with Gasteiger partial charge in [0.1, 0.15) is 28.8 Å². The first-order chi connectivity index (χ1) is 18.1. The van der Waals surface area contributed by atoms with Gasteiger partial charge in [0.25, 0.3) is 0 Å². The minimum absolute atomic E-state index is 0.0985. The van der Waals surface area contributed by atoms with E-state index in [1.165, 1.54) is 6.20 Å². The minimum atomic E-state index is -4.66. The Hall–Kier alpha value is -2.49. The van der Waals surface area contributed by atoms with Crippen molar-refractivity contribution in [1.29, 1.82) is 0 Å². The SMILES string of the molecule is C[C@H](Oc1ccc(S(=O)(=O)[C@@H]2C[C@@H](C(=O)O)N(C(=O)C3(c4ncc(Br)cc4F)CCN3)C2)c(Cl)c1)C(F)(F)F. The largest absolute Gasteiger partial charge is 0.481 e. The van der Waals surface area contributed by atoms with Gasteiger partial charge in [0.05, 0.1) is 15.2 Å². The molecule has 16 heteroatoms. The third-order valence-electron chi connectivity index (χ3n) is 6.74. The van der Waals surface area contributed by atoms with E-state index in [0.717, 1.165) is 36.1 Å². The summed E-state index contributed by atoms with van der Waals surface area (Å²) in [6.07, 6.45) is -5.95. The van der Waals surface area contributed by atoms with E-state index >= 15 is 0 Å². The number of aromatic nitrogens is 1. The van der Waals surface area contributed by atoms with Crippen LogP contribution in [-0.4, -0.2) is 71.9 Å². The Bertz CT molecular complexity index is 1420. The summed E-state index contributed by atoms with van der Waals surface area (Å²) in [5, 5.41) is 10.8. The number of carboxylic acid groups (broad SMARTS) is 1. The van der Waals surface area contributed by atoms with E-state index < -0.39 is 79.5 Å². The molecule has 1 aromatic carbocycles. The van der Waals surface area contributed by atoms with Crippen molar-refractivity contribution in [2.24, 2.45) is 0 Å². The highest BCUT2D eigenvalue weighted by molar-refractivity contribution is 9.10. The number of nitrogens with zero attached hydrogens (tertiary/aromatic N) is 2. The Balaban J connectivity index is 1.62. The summed E-state index contributed by atoms with van der Waals surface area (Å²) in [4.78, 5) is 30.1. The number of likely N-dealkylation sites (tertiary alicyclic amines) is 1. The van der Waals surface area contributed by atoms with Gasteiger partial charge in [-0.25, -0.2) is 17.6 Å². The summed E-state index contributed by atoms with van der Waals surface area (Å²) in [6, 6.07) is 2.44. The first-order valence-corrected chi connectivity index (χ1v) is 14.2. The lowest BCUT2D eigenvalue weighted by atomic mass is 9.82. The van der Waals surface area contributed by atoms with Crippen molar-refractivity contribution in [3.05, 3.63) is 51.5 Å². The van der Waals surface area contributed by atoms with Gasteiger partial charge in [-0.05, 0) is 60.4 Å². The molecule has 2 fully saturated rings. The predicted octanol–water partition coefficient (Wildman–Crippen LogP) is 3.68. The van der Waals surface area contributed by atoms with Crippen LogP contribution >= 0.6 is 27.5 Å². The molecule has 1 amide bonds. The summed E-state index contributed by atoms with van der Waals surface area (Å²) in [7, 11) is -4.37. The number of carbonyl (C=O) groups is 2. The average Bonchev–Trinajstić information content (AvgIpc) is 3.25. The Morgan fingerprint density at radius 1 is 1.33 bits per heavy atom. The monoisotopic (exact) mass is 657 g/mol. The van der Waals surface area contributed by atoms with Gasteiger partial charge in [-0.1, -0.05) is 11.6 Å². The molecule has 0 bridgehead atoms. The number of amides is 1. The molecular formula is C23H21BrClF4N3O6S. The first kappa shape index (κ1) is 29.5. The number of alkyl halides is 3. The standard InChI is InChI=1S/C23H21BrClF4N3O6S/c1-11(23(27,28)29)38-13-2-3-18(15(25)7-13)39(36,37)14-8-17(20(33)34)32(10-14)21(35)22(4-5-31-22)19-16(26)6-12(24)9-30-19/h2-3,6-7,9,11,14,17,31H,4-5,8,10H2,1H3,(H,33,34)/t11-,14+,17-,22?/m0/s1. The number of carbonyl (C=O) groups excluding carboxylic acids is 1. The van der Waals surface area contributed by atoms with Gasteiger partial charge in [0, 0.05) is 23.3 Å². The van der Waals surface area contributed by atoms with Crippen LogP contribution in [0, 0.1) is 5.82 Å². The van der Waals surface area contributed by atoms with Gasteiger partial charge < -0.3 is 14.7 Å². The predicted molar refractivity (Wildman–Crippen MR) is 133 cm³/mol. The van der Waals surface area contributed by atoms with Crippen molar-refractivity contribution in [2.75, 3.05) is 13.1 Å². The third-order valence-corrected chi connectivity index (χ3v) is 9.78. The summed E-state index contributed by atoms with van der Waals surface area (Å²) >= 11 is 9.19. The Morgan fingerprint density at radius 3 is 2.51 bits per heavy atom. The van der Waals surface area contributed by atoms with Crippen molar-refractivity contribution < 1.29 is 45.4 Å². The van der Waals surface area contributed by atoms with Crippen LogP contribution in [-0.2, 0) is 25.0 Å². The zero-order valence-corrected chi connectivity index (χ0v) is 23.2. The van der Waals surface area contributed by atoms with Gasteiger partial charge >= 0.3 is 12.1 Å². The topological polar surface area (TPSA) is 126 Å². The van der Waals surface area contributed by atoms with Crippen LogP contribution in [0.2, 0.25) is 5.02 Å². The maximum atomic E-state index is 14.8. The number of carboxylic acids is 1. The van der Waals surface area contributed by atoms with Crippen molar-refractivity contribution in [1.82, 2.24) is 15.2 Å². The van der Waals surface area contributed by atoms with Gasteiger partial charge in [-0.15, -0.1) is 0 Å². The molecule has 2 aliphatic heterocycles. The lowest BCUT2D eigenvalue weighted by Gasteiger charge is -2.44.